The molecule has 1 rings (SSSR count). The third-order valence-electron chi connectivity index (χ3n) is 3.10. The maximum Gasteiger partial charge on any atom is 0.222 e. The number of halogens is 1. The lowest BCUT2D eigenvalue weighted by atomic mass is 10.1. The lowest BCUT2D eigenvalue weighted by molar-refractivity contribution is -0.129. The van der Waals surface area contributed by atoms with Crippen LogP contribution in [0.4, 0.5) is 0 Å². The minimum absolute atomic E-state index is 0. The van der Waals surface area contributed by atoms with Gasteiger partial charge in [0.25, 0.3) is 0 Å². The Balaban J connectivity index is 0.00000324. The summed E-state index contributed by atoms with van der Waals surface area (Å²) in [6.45, 7) is 3.71. The van der Waals surface area contributed by atoms with E-state index in [1.54, 1.807) is 4.90 Å². The third-order valence-corrected chi connectivity index (χ3v) is 3.10. The second-order valence-electron chi connectivity index (χ2n) is 4.76. The molecule has 0 aliphatic carbocycles. The van der Waals surface area contributed by atoms with Crippen LogP contribution in [0, 0.1) is 6.92 Å². The summed E-state index contributed by atoms with van der Waals surface area (Å²) >= 11 is 0. The molecule has 0 atom stereocenters. The molecule has 1 amide bonds. The van der Waals surface area contributed by atoms with Gasteiger partial charge in [-0.1, -0.05) is 29.8 Å². The molecule has 0 bridgehead atoms. The van der Waals surface area contributed by atoms with E-state index in [9.17, 15) is 4.79 Å². The SMILES string of the molecule is CNCCN(C)C(=O)CCCc1ccc(C)cc1.Cl. The summed E-state index contributed by atoms with van der Waals surface area (Å²) in [4.78, 5) is 13.6. The Morgan fingerprint density at radius 1 is 1.26 bits per heavy atom. The van der Waals surface area contributed by atoms with Crippen molar-refractivity contribution in [2.45, 2.75) is 26.2 Å². The third kappa shape index (κ3) is 7.19. The van der Waals surface area contributed by atoms with Gasteiger partial charge in [0.1, 0.15) is 0 Å². The van der Waals surface area contributed by atoms with Crippen LogP contribution in [0.5, 0.6) is 0 Å². The average Bonchev–Trinajstić information content (AvgIpc) is 2.38. The Hall–Kier alpha value is -1.06. The molecule has 108 valence electrons. The van der Waals surface area contributed by atoms with Crippen LogP contribution in [0.15, 0.2) is 24.3 Å². The molecule has 0 saturated carbocycles. The van der Waals surface area contributed by atoms with E-state index in [4.69, 9.17) is 0 Å². The number of amides is 1. The average molecular weight is 285 g/mol. The summed E-state index contributed by atoms with van der Waals surface area (Å²) in [5.41, 5.74) is 2.59. The maximum absolute atomic E-state index is 11.8. The van der Waals surface area contributed by atoms with Crippen molar-refractivity contribution in [1.29, 1.82) is 0 Å². The van der Waals surface area contributed by atoms with Gasteiger partial charge in [0, 0.05) is 26.6 Å². The number of carbonyl (C=O) groups excluding carboxylic acids is 1. The van der Waals surface area contributed by atoms with Crippen LogP contribution in [0.25, 0.3) is 0 Å². The molecule has 0 saturated heterocycles. The standard InChI is InChI=1S/C15H24N2O.ClH/c1-13-7-9-14(10-8-13)5-4-6-15(18)17(3)12-11-16-2;/h7-10,16H,4-6,11-12H2,1-3H3;1H. The normalized spacial score (nSPS) is 9.84. The van der Waals surface area contributed by atoms with Crippen molar-refractivity contribution in [3.8, 4) is 0 Å². The fraction of sp³-hybridized carbons (Fsp3) is 0.533. The van der Waals surface area contributed by atoms with Gasteiger partial charge in [-0.15, -0.1) is 12.4 Å². The Kier molecular flexibility index (Phi) is 9.27. The molecular formula is C15H25ClN2O. The second-order valence-corrected chi connectivity index (χ2v) is 4.76. The Morgan fingerprint density at radius 3 is 2.47 bits per heavy atom. The molecule has 0 radical (unpaired) electrons. The topological polar surface area (TPSA) is 32.3 Å². The molecule has 1 aromatic carbocycles. The van der Waals surface area contributed by atoms with E-state index < -0.39 is 0 Å². The highest BCUT2D eigenvalue weighted by Gasteiger charge is 2.07. The molecule has 3 nitrogen and oxygen atoms in total. The van der Waals surface area contributed by atoms with Gasteiger partial charge in [-0.2, -0.15) is 0 Å². The molecule has 1 N–H and O–H groups in total. The number of hydrogen-bond acceptors (Lipinski definition) is 2. The van der Waals surface area contributed by atoms with Crippen molar-refractivity contribution in [2.24, 2.45) is 0 Å². The lowest BCUT2D eigenvalue weighted by Gasteiger charge is -2.16. The van der Waals surface area contributed by atoms with Crippen LogP contribution in [-0.4, -0.2) is 38.0 Å². The van der Waals surface area contributed by atoms with Crippen LogP contribution in [-0.2, 0) is 11.2 Å². The molecule has 0 spiro atoms. The molecule has 4 heteroatoms. The number of carbonyl (C=O) groups is 1. The van der Waals surface area contributed by atoms with Crippen molar-refractivity contribution < 1.29 is 4.79 Å². The first-order valence-electron chi connectivity index (χ1n) is 6.57. The fourth-order valence-electron chi connectivity index (χ4n) is 1.79. The van der Waals surface area contributed by atoms with Gasteiger partial charge < -0.3 is 10.2 Å². The second kappa shape index (κ2) is 9.82. The minimum atomic E-state index is 0. The molecule has 0 heterocycles. The van der Waals surface area contributed by atoms with E-state index in [1.165, 1.54) is 11.1 Å². The smallest absolute Gasteiger partial charge is 0.222 e. The number of aryl methyl sites for hydroxylation is 2. The predicted octanol–water partition coefficient (Wildman–Crippen LogP) is 2.42. The summed E-state index contributed by atoms with van der Waals surface area (Å²) in [7, 11) is 3.77. The van der Waals surface area contributed by atoms with Gasteiger partial charge in [0.05, 0.1) is 0 Å². The largest absolute Gasteiger partial charge is 0.344 e. The number of benzene rings is 1. The van der Waals surface area contributed by atoms with Crippen molar-refractivity contribution in [3.63, 3.8) is 0 Å². The van der Waals surface area contributed by atoms with E-state index in [-0.39, 0.29) is 18.3 Å². The van der Waals surface area contributed by atoms with Gasteiger partial charge in [-0.05, 0) is 32.4 Å². The van der Waals surface area contributed by atoms with Crippen molar-refractivity contribution in [2.75, 3.05) is 27.2 Å². The van der Waals surface area contributed by atoms with Gasteiger partial charge in [-0.3, -0.25) is 4.79 Å². The summed E-state index contributed by atoms with van der Waals surface area (Å²) < 4.78 is 0. The zero-order chi connectivity index (χ0) is 13.4. The lowest BCUT2D eigenvalue weighted by Crippen LogP contribution is -2.32. The number of likely N-dealkylation sites (N-methyl/N-ethyl adjacent to an activating group) is 2. The summed E-state index contributed by atoms with van der Waals surface area (Å²) in [6, 6.07) is 8.53. The predicted molar refractivity (Wildman–Crippen MR) is 82.9 cm³/mol. The number of nitrogens with one attached hydrogen (secondary N) is 1. The first-order valence-corrected chi connectivity index (χ1v) is 6.57. The monoisotopic (exact) mass is 284 g/mol. The fourth-order valence-corrected chi connectivity index (χ4v) is 1.79. The quantitative estimate of drug-likeness (QED) is 0.834. The van der Waals surface area contributed by atoms with Crippen LogP contribution < -0.4 is 5.32 Å². The van der Waals surface area contributed by atoms with E-state index >= 15 is 0 Å². The summed E-state index contributed by atoms with van der Waals surface area (Å²) in [5.74, 6) is 0.234. The highest BCUT2D eigenvalue weighted by Crippen LogP contribution is 2.07. The molecule has 0 aromatic heterocycles. The van der Waals surface area contributed by atoms with Crippen LogP contribution in [0.3, 0.4) is 0 Å². The minimum Gasteiger partial charge on any atom is -0.344 e. The first kappa shape index (κ1) is 17.9. The van der Waals surface area contributed by atoms with E-state index in [0.717, 1.165) is 25.9 Å². The van der Waals surface area contributed by atoms with Gasteiger partial charge in [-0.25, -0.2) is 0 Å². The Bertz CT molecular complexity index is 365. The van der Waals surface area contributed by atoms with E-state index in [2.05, 4.69) is 36.5 Å². The van der Waals surface area contributed by atoms with Crippen molar-refractivity contribution in [3.05, 3.63) is 35.4 Å². The number of nitrogens with zero attached hydrogens (tertiary/aromatic N) is 1. The highest BCUT2D eigenvalue weighted by molar-refractivity contribution is 5.85. The first-order chi connectivity index (χ1) is 8.63. The number of hydrogen-bond donors (Lipinski definition) is 1. The van der Waals surface area contributed by atoms with Crippen LogP contribution >= 0.6 is 12.4 Å². The molecule has 1 aromatic rings. The molecular weight excluding hydrogens is 260 g/mol. The van der Waals surface area contributed by atoms with Crippen LogP contribution in [0.1, 0.15) is 24.0 Å². The molecule has 0 unspecified atom stereocenters. The Labute approximate surface area is 122 Å². The zero-order valence-corrected chi connectivity index (χ0v) is 12.9. The zero-order valence-electron chi connectivity index (χ0n) is 12.1. The highest BCUT2D eigenvalue weighted by atomic mass is 35.5. The van der Waals surface area contributed by atoms with E-state index in [1.807, 2.05) is 14.1 Å². The molecule has 0 aliphatic heterocycles. The van der Waals surface area contributed by atoms with Crippen molar-refractivity contribution in [1.82, 2.24) is 10.2 Å². The number of rotatable bonds is 7. The molecule has 19 heavy (non-hydrogen) atoms. The van der Waals surface area contributed by atoms with Crippen LogP contribution in [0.2, 0.25) is 0 Å². The Morgan fingerprint density at radius 2 is 1.89 bits per heavy atom. The van der Waals surface area contributed by atoms with E-state index in [0.29, 0.717) is 6.42 Å². The maximum atomic E-state index is 11.8. The van der Waals surface area contributed by atoms with Gasteiger partial charge in [0.2, 0.25) is 5.91 Å². The summed E-state index contributed by atoms with van der Waals surface area (Å²) in [6.07, 6.45) is 2.53. The van der Waals surface area contributed by atoms with Crippen molar-refractivity contribution >= 4 is 18.3 Å². The molecule has 0 fully saturated rings. The van der Waals surface area contributed by atoms with Gasteiger partial charge in [0.15, 0.2) is 0 Å². The van der Waals surface area contributed by atoms with Gasteiger partial charge >= 0.3 is 0 Å². The molecule has 0 aliphatic rings. The summed E-state index contributed by atoms with van der Waals surface area (Å²) in [5, 5.41) is 3.05.